The van der Waals surface area contributed by atoms with Crippen LogP contribution in [0.1, 0.15) is 37.8 Å². The first-order valence-corrected chi connectivity index (χ1v) is 7.15. The number of rotatable bonds is 3. The summed E-state index contributed by atoms with van der Waals surface area (Å²) in [6, 6.07) is 7.84. The smallest absolute Gasteiger partial charge is 0.225 e. The fourth-order valence-electron chi connectivity index (χ4n) is 2.74. The molecule has 0 spiro atoms. The van der Waals surface area contributed by atoms with Crippen molar-refractivity contribution in [3.8, 4) is 0 Å². The Bertz CT molecular complexity index is 463. The maximum atomic E-state index is 12.4. The van der Waals surface area contributed by atoms with Gasteiger partial charge >= 0.3 is 0 Å². The summed E-state index contributed by atoms with van der Waals surface area (Å²) in [5.41, 5.74) is 6.87. The van der Waals surface area contributed by atoms with E-state index in [1.165, 1.54) is 0 Å². The van der Waals surface area contributed by atoms with Crippen molar-refractivity contribution in [3.05, 3.63) is 34.9 Å². The zero-order chi connectivity index (χ0) is 14.0. The molecular weight excluding hydrogens is 260 g/mol. The van der Waals surface area contributed by atoms with E-state index in [0.717, 1.165) is 24.8 Å². The molecule has 2 N–H and O–H groups in total. The second-order valence-electron chi connectivity index (χ2n) is 5.42. The summed E-state index contributed by atoms with van der Waals surface area (Å²) >= 11 is 6.19. The van der Waals surface area contributed by atoms with Gasteiger partial charge in [0, 0.05) is 24.0 Å². The van der Waals surface area contributed by atoms with Crippen LogP contribution < -0.4 is 5.73 Å². The summed E-state index contributed by atoms with van der Waals surface area (Å²) in [5.74, 6) is 0.255. The van der Waals surface area contributed by atoms with Gasteiger partial charge in [0.2, 0.25) is 5.91 Å². The number of carbonyl (C=O) groups excluding carboxylic acids is 1. The molecule has 1 aromatic carbocycles. The topological polar surface area (TPSA) is 46.3 Å². The second kappa shape index (κ2) is 5.93. The first-order chi connectivity index (χ1) is 9.00. The van der Waals surface area contributed by atoms with Crippen molar-refractivity contribution >= 4 is 17.5 Å². The van der Waals surface area contributed by atoms with Crippen LogP contribution in [0.25, 0.3) is 0 Å². The molecule has 0 bridgehead atoms. The first kappa shape index (κ1) is 14.4. The molecule has 1 fully saturated rings. The van der Waals surface area contributed by atoms with Gasteiger partial charge in [0.05, 0.1) is 6.04 Å². The highest BCUT2D eigenvalue weighted by atomic mass is 35.5. The number of benzene rings is 1. The number of amides is 1. The second-order valence-corrected chi connectivity index (χ2v) is 5.82. The van der Waals surface area contributed by atoms with Crippen LogP contribution in [0.3, 0.4) is 0 Å². The lowest BCUT2D eigenvalue weighted by molar-refractivity contribution is -0.136. The van der Waals surface area contributed by atoms with Gasteiger partial charge in [-0.15, -0.1) is 0 Å². The molecular formula is C15H21ClN2O. The van der Waals surface area contributed by atoms with Crippen molar-refractivity contribution in [2.45, 2.75) is 38.3 Å². The van der Waals surface area contributed by atoms with Crippen molar-refractivity contribution < 1.29 is 4.79 Å². The van der Waals surface area contributed by atoms with Crippen LogP contribution in [-0.4, -0.2) is 23.9 Å². The van der Waals surface area contributed by atoms with E-state index in [9.17, 15) is 4.79 Å². The average molecular weight is 281 g/mol. The molecule has 104 valence electrons. The summed E-state index contributed by atoms with van der Waals surface area (Å²) in [5, 5.41) is 0.706. The third kappa shape index (κ3) is 3.10. The lowest BCUT2D eigenvalue weighted by Crippen LogP contribution is -2.34. The van der Waals surface area contributed by atoms with E-state index < -0.39 is 0 Å². The molecule has 0 unspecified atom stereocenters. The zero-order valence-corrected chi connectivity index (χ0v) is 12.2. The Balaban J connectivity index is 2.09. The van der Waals surface area contributed by atoms with Crippen molar-refractivity contribution in [1.29, 1.82) is 0 Å². The lowest BCUT2D eigenvalue weighted by Gasteiger charge is -2.28. The van der Waals surface area contributed by atoms with Gasteiger partial charge in [-0.2, -0.15) is 0 Å². The minimum absolute atomic E-state index is 0.0157. The number of hydrogen-bond acceptors (Lipinski definition) is 2. The molecule has 1 aliphatic rings. The number of carbonyl (C=O) groups is 1. The first-order valence-electron chi connectivity index (χ1n) is 6.77. The van der Waals surface area contributed by atoms with Crippen molar-refractivity contribution in [3.63, 3.8) is 0 Å². The van der Waals surface area contributed by atoms with E-state index in [-0.39, 0.29) is 23.9 Å². The van der Waals surface area contributed by atoms with Gasteiger partial charge < -0.3 is 10.6 Å². The molecule has 3 atom stereocenters. The van der Waals surface area contributed by atoms with Crippen molar-refractivity contribution in [2.24, 2.45) is 11.7 Å². The Hall–Kier alpha value is -1.06. The van der Waals surface area contributed by atoms with Crippen molar-refractivity contribution in [1.82, 2.24) is 4.90 Å². The van der Waals surface area contributed by atoms with Crippen LogP contribution in [0.5, 0.6) is 0 Å². The molecule has 0 heterocycles. The lowest BCUT2D eigenvalue weighted by atomic mass is 10.0. The highest BCUT2D eigenvalue weighted by molar-refractivity contribution is 6.31. The molecule has 0 saturated heterocycles. The SMILES string of the molecule is C[C@H](c1ccccc1Cl)N(C)C(=O)[C@@H]1CC[C@H](N)C1. The molecule has 0 aliphatic heterocycles. The number of nitrogens with zero attached hydrogens (tertiary/aromatic N) is 1. The Labute approximate surface area is 119 Å². The molecule has 2 rings (SSSR count). The van der Waals surface area contributed by atoms with Gasteiger partial charge in [0.1, 0.15) is 0 Å². The fourth-order valence-corrected chi connectivity index (χ4v) is 3.04. The van der Waals surface area contributed by atoms with Crippen LogP contribution in [0.2, 0.25) is 5.02 Å². The summed E-state index contributed by atoms with van der Waals surface area (Å²) in [4.78, 5) is 14.2. The highest BCUT2D eigenvalue weighted by Crippen LogP contribution is 2.31. The van der Waals surface area contributed by atoms with Crippen LogP contribution >= 0.6 is 11.6 Å². The number of nitrogens with two attached hydrogens (primary N) is 1. The summed E-state index contributed by atoms with van der Waals surface area (Å²) in [7, 11) is 1.85. The summed E-state index contributed by atoms with van der Waals surface area (Å²) in [6.45, 7) is 2.01. The number of halogens is 1. The minimum Gasteiger partial charge on any atom is -0.339 e. The van der Waals surface area contributed by atoms with Crippen LogP contribution in [-0.2, 0) is 4.79 Å². The normalized spacial score (nSPS) is 24.2. The molecule has 4 heteroatoms. The largest absolute Gasteiger partial charge is 0.339 e. The van der Waals surface area contributed by atoms with E-state index in [1.54, 1.807) is 4.90 Å². The van der Waals surface area contributed by atoms with Gasteiger partial charge in [0.25, 0.3) is 0 Å². The Morgan fingerprint density at radius 3 is 2.68 bits per heavy atom. The average Bonchev–Trinajstić information content (AvgIpc) is 2.83. The molecule has 0 aromatic heterocycles. The van der Waals surface area contributed by atoms with E-state index >= 15 is 0 Å². The van der Waals surface area contributed by atoms with E-state index in [2.05, 4.69) is 0 Å². The zero-order valence-electron chi connectivity index (χ0n) is 11.5. The molecule has 0 radical (unpaired) electrons. The van der Waals surface area contributed by atoms with Gasteiger partial charge in [-0.3, -0.25) is 4.79 Å². The molecule has 1 saturated carbocycles. The molecule has 1 amide bonds. The maximum Gasteiger partial charge on any atom is 0.225 e. The predicted octanol–water partition coefficient (Wildman–Crippen LogP) is 2.99. The quantitative estimate of drug-likeness (QED) is 0.925. The standard InChI is InChI=1S/C15H21ClN2O/c1-10(13-5-3-4-6-14(13)16)18(2)15(19)11-7-8-12(17)9-11/h3-6,10-12H,7-9,17H2,1-2H3/t10-,11-,12+/m1/s1. The molecule has 19 heavy (non-hydrogen) atoms. The van der Waals surface area contributed by atoms with Crippen LogP contribution in [0, 0.1) is 5.92 Å². The third-order valence-electron chi connectivity index (χ3n) is 4.11. The predicted molar refractivity (Wildman–Crippen MR) is 78.0 cm³/mol. The highest BCUT2D eigenvalue weighted by Gasteiger charge is 2.31. The van der Waals surface area contributed by atoms with Gasteiger partial charge in [-0.05, 0) is 37.8 Å². The third-order valence-corrected chi connectivity index (χ3v) is 4.45. The fraction of sp³-hybridized carbons (Fsp3) is 0.533. The molecule has 1 aromatic rings. The number of hydrogen-bond donors (Lipinski definition) is 1. The Kier molecular flexibility index (Phi) is 4.48. The minimum atomic E-state index is -0.0157. The molecule has 3 nitrogen and oxygen atoms in total. The monoisotopic (exact) mass is 280 g/mol. The van der Waals surface area contributed by atoms with Crippen molar-refractivity contribution in [2.75, 3.05) is 7.05 Å². The van der Waals surface area contributed by atoms with Crippen LogP contribution in [0.4, 0.5) is 0 Å². The van der Waals surface area contributed by atoms with E-state index in [1.807, 2.05) is 38.2 Å². The van der Waals surface area contributed by atoms with E-state index in [0.29, 0.717) is 5.02 Å². The van der Waals surface area contributed by atoms with Crippen LogP contribution in [0.15, 0.2) is 24.3 Å². The summed E-state index contributed by atoms with van der Waals surface area (Å²) in [6.07, 6.45) is 2.66. The molecule has 1 aliphatic carbocycles. The Morgan fingerprint density at radius 2 is 2.11 bits per heavy atom. The maximum absolute atomic E-state index is 12.4. The van der Waals surface area contributed by atoms with Gasteiger partial charge in [0.15, 0.2) is 0 Å². The van der Waals surface area contributed by atoms with Gasteiger partial charge in [-0.25, -0.2) is 0 Å². The summed E-state index contributed by atoms with van der Waals surface area (Å²) < 4.78 is 0. The van der Waals surface area contributed by atoms with E-state index in [4.69, 9.17) is 17.3 Å². The van der Waals surface area contributed by atoms with Gasteiger partial charge in [-0.1, -0.05) is 29.8 Å². The Morgan fingerprint density at radius 1 is 1.42 bits per heavy atom.